The van der Waals surface area contributed by atoms with Gasteiger partial charge in [0.25, 0.3) is 11.8 Å². The molecular weight excluding hydrogens is 515 g/mol. The lowest BCUT2D eigenvalue weighted by Crippen LogP contribution is -2.54. The Morgan fingerprint density at radius 2 is 1.51 bits per heavy atom. The largest absolute Gasteiger partial charge is 0.379 e. The number of rotatable bonds is 5. The molecule has 1 aliphatic heterocycles. The molecule has 1 aliphatic rings. The number of amides is 4. The summed E-state index contributed by atoms with van der Waals surface area (Å²) < 4.78 is 30.0. The van der Waals surface area contributed by atoms with E-state index < -0.39 is 28.0 Å². The van der Waals surface area contributed by atoms with Crippen molar-refractivity contribution in [2.45, 2.75) is 11.8 Å². The fraction of sp³-hybridized carbons (Fsp3) is 0.0417. The number of nitrogens with zero attached hydrogens (tertiary/aromatic N) is 1. The Balaban J connectivity index is 1.59. The molecule has 1 fully saturated rings. The number of halogens is 2. The number of imide groups is 2. The van der Waals surface area contributed by atoms with Crippen molar-refractivity contribution in [1.29, 1.82) is 0 Å². The van der Waals surface area contributed by atoms with E-state index in [0.717, 1.165) is 4.90 Å². The van der Waals surface area contributed by atoms with Gasteiger partial charge in [-0.3, -0.25) is 14.9 Å². The minimum atomic E-state index is -4.09. The summed E-state index contributed by atoms with van der Waals surface area (Å²) in [5.74, 6) is -1.66. The fourth-order valence-electron chi connectivity index (χ4n) is 3.26. The second-order valence-corrected chi connectivity index (χ2v) is 9.87. The van der Waals surface area contributed by atoms with Crippen LogP contribution in [-0.4, -0.2) is 26.3 Å². The minimum absolute atomic E-state index is 0.0212. The van der Waals surface area contributed by atoms with Crippen molar-refractivity contribution in [3.8, 4) is 5.75 Å². The summed E-state index contributed by atoms with van der Waals surface area (Å²) in [6, 6.07) is 15.0. The Morgan fingerprint density at radius 1 is 0.886 bits per heavy atom. The van der Waals surface area contributed by atoms with Crippen LogP contribution >= 0.6 is 23.2 Å². The molecule has 0 saturated carbocycles. The predicted molar refractivity (Wildman–Crippen MR) is 131 cm³/mol. The maximum atomic E-state index is 13.1. The quantitative estimate of drug-likeness (QED) is 0.290. The first-order chi connectivity index (χ1) is 16.5. The van der Waals surface area contributed by atoms with Crippen molar-refractivity contribution >= 4 is 62.9 Å². The summed E-state index contributed by atoms with van der Waals surface area (Å²) >= 11 is 11.8. The highest BCUT2D eigenvalue weighted by molar-refractivity contribution is 7.87. The van der Waals surface area contributed by atoms with E-state index in [4.69, 9.17) is 27.4 Å². The van der Waals surface area contributed by atoms with Crippen LogP contribution in [0.1, 0.15) is 11.1 Å². The molecule has 8 nitrogen and oxygen atoms in total. The van der Waals surface area contributed by atoms with E-state index >= 15 is 0 Å². The topological polar surface area (TPSA) is 110 Å². The van der Waals surface area contributed by atoms with E-state index in [9.17, 15) is 22.8 Å². The second-order valence-electron chi connectivity index (χ2n) is 7.45. The first kappa shape index (κ1) is 24.5. The van der Waals surface area contributed by atoms with Crippen LogP contribution < -0.4 is 14.4 Å². The Hall–Kier alpha value is -3.66. The highest BCUT2D eigenvalue weighted by Crippen LogP contribution is 2.28. The van der Waals surface area contributed by atoms with Gasteiger partial charge in [0, 0.05) is 10.0 Å². The van der Waals surface area contributed by atoms with Gasteiger partial charge >= 0.3 is 16.1 Å². The normalized spacial score (nSPS) is 15.3. The highest BCUT2D eigenvalue weighted by Gasteiger charge is 2.37. The van der Waals surface area contributed by atoms with Crippen molar-refractivity contribution < 1.29 is 27.0 Å². The van der Waals surface area contributed by atoms with Crippen LogP contribution in [0.2, 0.25) is 10.0 Å². The van der Waals surface area contributed by atoms with E-state index in [2.05, 4.69) is 5.32 Å². The molecule has 11 heteroatoms. The number of hydrogen-bond acceptors (Lipinski definition) is 6. The first-order valence-corrected chi connectivity index (χ1v) is 12.2. The number of carbonyl (C=O) groups excluding carboxylic acids is 3. The van der Waals surface area contributed by atoms with E-state index in [-0.39, 0.29) is 21.9 Å². The molecule has 0 spiro atoms. The van der Waals surface area contributed by atoms with E-state index in [1.165, 1.54) is 60.7 Å². The van der Waals surface area contributed by atoms with Crippen LogP contribution in [0.4, 0.5) is 10.5 Å². The molecule has 0 bridgehead atoms. The lowest BCUT2D eigenvalue weighted by Gasteiger charge is -2.27. The maximum absolute atomic E-state index is 13.1. The molecule has 1 saturated heterocycles. The number of carbonyl (C=O) groups is 3. The molecule has 0 atom stereocenters. The number of nitrogens with one attached hydrogen (secondary N) is 1. The molecule has 0 radical (unpaired) electrons. The molecule has 3 aromatic carbocycles. The summed E-state index contributed by atoms with van der Waals surface area (Å²) in [7, 11) is -4.09. The van der Waals surface area contributed by atoms with Crippen molar-refractivity contribution in [1.82, 2.24) is 5.32 Å². The molecule has 0 aliphatic carbocycles. The van der Waals surface area contributed by atoms with E-state index in [1.807, 2.05) is 0 Å². The number of urea groups is 1. The van der Waals surface area contributed by atoms with Crippen molar-refractivity contribution in [3.63, 3.8) is 0 Å². The molecule has 35 heavy (non-hydrogen) atoms. The predicted octanol–water partition coefficient (Wildman–Crippen LogP) is 4.74. The van der Waals surface area contributed by atoms with Gasteiger partial charge in [-0.2, -0.15) is 8.42 Å². The zero-order valence-corrected chi connectivity index (χ0v) is 20.3. The zero-order chi connectivity index (χ0) is 25.3. The lowest BCUT2D eigenvalue weighted by atomic mass is 10.1. The van der Waals surface area contributed by atoms with Crippen LogP contribution in [0.5, 0.6) is 5.75 Å². The van der Waals surface area contributed by atoms with Crippen LogP contribution in [0.3, 0.4) is 0 Å². The van der Waals surface area contributed by atoms with Gasteiger partial charge in [0.15, 0.2) is 0 Å². The van der Waals surface area contributed by atoms with E-state index in [1.54, 1.807) is 19.1 Å². The standard InChI is InChI=1S/C24H16Cl2N2O6S/c1-14-2-5-17(26)13-21(14)28-23(30)20(22(29)27-24(28)31)12-15-3-8-18(9-4-15)34-35(32,33)19-10-6-16(25)7-11-19/h2-13H,1H3,(H,27,29,31)/b20-12+. The van der Waals surface area contributed by atoms with E-state index in [0.29, 0.717) is 21.2 Å². The van der Waals surface area contributed by atoms with Gasteiger partial charge in [-0.1, -0.05) is 41.4 Å². The lowest BCUT2D eigenvalue weighted by molar-refractivity contribution is -0.122. The Labute approximate surface area is 210 Å². The minimum Gasteiger partial charge on any atom is -0.379 e. The third kappa shape index (κ3) is 5.22. The van der Waals surface area contributed by atoms with Gasteiger partial charge in [-0.25, -0.2) is 9.69 Å². The van der Waals surface area contributed by atoms with Crippen LogP contribution in [0, 0.1) is 6.92 Å². The third-order valence-electron chi connectivity index (χ3n) is 5.01. The Kier molecular flexibility index (Phi) is 6.66. The molecule has 0 unspecified atom stereocenters. The number of barbiturate groups is 1. The van der Waals surface area contributed by atoms with Crippen LogP contribution in [-0.2, 0) is 19.7 Å². The first-order valence-electron chi connectivity index (χ1n) is 10.0. The Morgan fingerprint density at radius 3 is 2.17 bits per heavy atom. The molecule has 1 N–H and O–H groups in total. The average molecular weight is 531 g/mol. The maximum Gasteiger partial charge on any atom is 0.339 e. The highest BCUT2D eigenvalue weighted by atomic mass is 35.5. The second kappa shape index (κ2) is 9.53. The molecule has 0 aromatic heterocycles. The summed E-state index contributed by atoms with van der Waals surface area (Å²) in [5, 5.41) is 2.84. The van der Waals surface area contributed by atoms with Crippen molar-refractivity contribution in [3.05, 3.63) is 93.5 Å². The summed E-state index contributed by atoms with van der Waals surface area (Å²) in [5.41, 5.74) is 0.966. The molecule has 4 rings (SSSR count). The molecular formula is C24H16Cl2N2O6S. The molecule has 3 aromatic rings. The SMILES string of the molecule is Cc1ccc(Cl)cc1N1C(=O)NC(=O)/C(=C\c2ccc(OS(=O)(=O)c3ccc(Cl)cc3)cc2)C1=O. The molecule has 1 heterocycles. The monoisotopic (exact) mass is 530 g/mol. The number of aryl methyl sites for hydroxylation is 1. The van der Waals surface area contributed by atoms with Crippen LogP contribution in [0.25, 0.3) is 6.08 Å². The van der Waals surface area contributed by atoms with Crippen LogP contribution in [0.15, 0.2) is 77.2 Å². The van der Waals surface area contributed by atoms with Gasteiger partial charge in [0.2, 0.25) is 0 Å². The summed E-state index contributed by atoms with van der Waals surface area (Å²) in [6.07, 6.45) is 1.29. The fourth-order valence-corrected chi connectivity index (χ4v) is 4.48. The number of hydrogen-bond donors (Lipinski definition) is 1. The van der Waals surface area contributed by atoms with Gasteiger partial charge in [-0.05, 0) is 72.7 Å². The van der Waals surface area contributed by atoms with Crippen molar-refractivity contribution in [2.24, 2.45) is 0 Å². The summed E-state index contributed by atoms with van der Waals surface area (Å²) in [6.45, 7) is 1.70. The van der Waals surface area contributed by atoms with Gasteiger partial charge in [0.1, 0.15) is 16.2 Å². The Bertz CT molecular complexity index is 1480. The molecule has 178 valence electrons. The smallest absolute Gasteiger partial charge is 0.339 e. The van der Waals surface area contributed by atoms with Crippen molar-refractivity contribution in [2.75, 3.05) is 4.90 Å². The van der Waals surface area contributed by atoms with Gasteiger partial charge < -0.3 is 4.18 Å². The third-order valence-corrected chi connectivity index (χ3v) is 6.76. The number of anilines is 1. The zero-order valence-electron chi connectivity index (χ0n) is 18.0. The average Bonchev–Trinajstić information content (AvgIpc) is 2.80. The van der Waals surface area contributed by atoms with Gasteiger partial charge in [0.05, 0.1) is 5.69 Å². The number of benzene rings is 3. The van der Waals surface area contributed by atoms with Gasteiger partial charge in [-0.15, -0.1) is 0 Å². The molecule has 4 amide bonds. The summed E-state index contributed by atoms with van der Waals surface area (Å²) in [4.78, 5) is 38.6.